The van der Waals surface area contributed by atoms with E-state index < -0.39 is 0 Å². The van der Waals surface area contributed by atoms with Crippen LogP contribution in [0, 0.1) is 0 Å². The van der Waals surface area contributed by atoms with Crippen LogP contribution in [0.3, 0.4) is 0 Å². The summed E-state index contributed by atoms with van der Waals surface area (Å²) in [7, 11) is 0. The molecule has 0 spiro atoms. The first kappa shape index (κ1) is 15.1. The fourth-order valence-electron chi connectivity index (χ4n) is 2.32. The smallest absolute Gasteiger partial charge is 0.320 e. The van der Waals surface area contributed by atoms with Gasteiger partial charge in [-0.05, 0) is 25.0 Å². The van der Waals surface area contributed by atoms with E-state index in [1.807, 2.05) is 12.1 Å². The van der Waals surface area contributed by atoms with Gasteiger partial charge in [0.1, 0.15) is 5.82 Å². The van der Waals surface area contributed by atoms with E-state index in [0.717, 1.165) is 57.9 Å². The van der Waals surface area contributed by atoms with Crippen LogP contribution >= 0.6 is 0 Å². The molecule has 2 aliphatic rings. The molecule has 3 rings (SSSR count). The predicted molar refractivity (Wildman–Crippen MR) is 85.2 cm³/mol. The molecule has 0 aromatic carbocycles. The second kappa shape index (κ2) is 7.42. The molecule has 1 saturated carbocycles. The Bertz CT molecular complexity index is 483. The number of urea groups is 1. The summed E-state index contributed by atoms with van der Waals surface area (Å²) in [5.74, 6) is 0.567. The quantitative estimate of drug-likeness (QED) is 0.734. The molecule has 120 valence electrons. The Morgan fingerprint density at radius 1 is 1.32 bits per heavy atom. The maximum Gasteiger partial charge on any atom is 0.320 e. The van der Waals surface area contributed by atoms with E-state index in [1.54, 1.807) is 6.20 Å². The standard InChI is InChI=1S/C15H23N5O2/c21-15(18-12-1-2-12)19-14-4-3-13(11-17-14)16-5-6-20-7-9-22-10-8-20/h3-4,11-12,16H,1-2,5-10H2,(H2,17,18,19,21). The van der Waals surface area contributed by atoms with Crippen molar-refractivity contribution in [3.05, 3.63) is 18.3 Å². The third-order valence-electron chi connectivity index (χ3n) is 3.78. The van der Waals surface area contributed by atoms with Gasteiger partial charge in [0.15, 0.2) is 0 Å². The van der Waals surface area contributed by atoms with Crippen LogP contribution in [-0.4, -0.2) is 61.3 Å². The van der Waals surface area contributed by atoms with Crippen LogP contribution in [-0.2, 0) is 4.74 Å². The number of nitrogens with one attached hydrogen (secondary N) is 3. The lowest BCUT2D eigenvalue weighted by Crippen LogP contribution is -2.39. The summed E-state index contributed by atoms with van der Waals surface area (Å²) in [6.45, 7) is 5.51. The van der Waals surface area contributed by atoms with Crippen LogP contribution in [0.25, 0.3) is 0 Å². The van der Waals surface area contributed by atoms with Crippen molar-refractivity contribution in [3.8, 4) is 0 Å². The Morgan fingerprint density at radius 3 is 2.82 bits per heavy atom. The first-order valence-electron chi connectivity index (χ1n) is 7.87. The summed E-state index contributed by atoms with van der Waals surface area (Å²) >= 11 is 0. The maximum absolute atomic E-state index is 11.6. The molecule has 2 fully saturated rings. The minimum atomic E-state index is -0.178. The average Bonchev–Trinajstić information content (AvgIpc) is 3.34. The van der Waals surface area contributed by atoms with Crippen LogP contribution in [0.5, 0.6) is 0 Å². The van der Waals surface area contributed by atoms with Crippen LogP contribution in [0.4, 0.5) is 16.3 Å². The third-order valence-corrected chi connectivity index (χ3v) is 3.78. The Labute approximate surface area is 130 Å². The van der Waals surface area contributed by atoms with Crippen molar-refractivity contribution in [3.63, 3.8) is 0 Å². The number of morpholine rings is 1. The van der Waals surface area contributed by atoms with E-state index in [4.69, 9.17) is 4.74 Å². The molecule has 0 radical (unpaired) electrons. The molecule has 1 aromatic heterocycles. The van der Waals surface area contributed by atoms with Gasteiger partial charge in [0.05, 0.1) is 25.1 Å². The molecule has 22 heavy (non-hydrogen) atoms. The molecule has 0 atom stereocenters. The number of carbonyl (C=O) groups is 1. The van der Waals surface area contributed by atoms with Crippen LogP contribution < -0.4 is 16.0 Å². The third kappa shape index (κ3) is 4.85. The van der Waals surface area contributed by atoms with Gasteiger partial charge < -0.3 is 15.4 Å². The number of ether oxygens (including phenoxy) is 1. The zero-order chi connectivity index (χ0) is 15.2. The minimum Gasteiger partial charge on any atom is -0.383 e. The van der Waals surface area contributed by atoms with Crippen LogP contribution in [0.2, 0.25) is 0 Å². The second-order valence-corrected chi connectivity index (χ2v) is 5.69. The number of nitrogens with zero attached hydrogens (tertiary/aromatic N) is 2. The molecule has 1 aromatic rings. The summed E-state index contributed by atoms with van der Waals surface area (Å²) in [6.07, 6.45) is 3.89. The number of hydrogen-bond acceptors (Lipinski definition) is 5. The van der Waals surface area contributed by atoms with E-state index in [1.165, 1.54) is 0 Å². The van der Waals surface area contributed by atoms with Gasteiger partial charge in [-0.25, -0.2) is 9.78 Å². The van der Waals surface area contributed by atoms with Gasteiger partial charge in [0.25, 0.3) is 0 Å². The first-order chi connectivity index (χ1) is 10.8. The van der Waals surface area contributed by atoms with Gasteiger partial charge in [0, 0.05) is 32.2 Å². The molecule has 7 nitrogen and oxygen atoms in total. The molecule has 0 unspecified atom stereocenters. The van der Waals surface area contributed by atoms with Crippen molar-refractivity contribution in [1.29, 1.82) is 0 Å². The number of amides is 2. The van der Waals surface area contributed by atoms with Gasteiger partial charge in [0.2, 0.25) is 0 Å². The molecule has 1 saturated heterocycles. The Kier molecular flexibility index (Phi) is 5.07. The lowest BCUT2D eigenvalue weighted by molar-refractivity contribution is 0.0398. The molecule has 1 aliphatic carbocycles. The number of rotatable bonds is 6. The Morgan fingerprint density at radius 2 is 2.14 bits per heavy atom. The maximum atomic E-state index is 11.6. The second-order valence-electron chi connectivity index (χ2n) is 5.69. The minimum absolute atomic E-state index is 0.178. The Balaban J connectivity index is 1.37. The fraction of sp³-hybridized carbons (Fsp3) is 0.600. The van der Waals surface area contributed by atoms with E-state index in [9.17, 15) is 4.79 Å². The highest BCUT2D eigenvalue weighted by molar-refractivity contribution is 5.88. The number of carbonyl (C=O) groups excluding carboxylic acids is 1. The monoisotopic (exact) mass is 305 g/mol. The van der Waals surface area contributed by atoms with Gasteiger partial charge in [-0.2, -0.15) is 0 Å². The lowest BCUT2D eigenvalue weighted by atomic mass is 10.3. The fourth-order valence-corrected chi connectivity index (χ4v) is 2.32. The molecule has 3 N–H and O–H groups in total. The summed E-state index contributed by atoms with van der Waals surface area (Å²) in [6, 6.07) is 3.91. The molecule has 2 amide bonds. The van der Waals surface area contributed by atoms with Crippen molar-refractivity contribution in [2.24, 2.45) is 0 Å². The van der Waals surface area contributed by atoms with E-state index >= 15 is 0 Å². The molecule has 1 aliphatic heterocycles. The van der Waals surface area contributed by atoms with Gasteiger partial charge >= 0.3 is 6.03 Å². The average molecular weight is 305 g/mol. The number of pyridine rings is 1. The van der Waals surface area contributed by atoms with Gasteiger partial charge in [-0.15, -0.1) is 0 Å². The summed E-state index contributed by atoms with van der Waals surface area (Å²) < 4.78 is 5.33. The normalized spacial score (nSPS) is 18.7. The highest BCUT2D eigenvalue weighted by Crippen LogP contribution is 2.18. The van der Waals surface area contributed by atoms with Gasteiger partial charge in [-0.1, -0.05) is 0 Å². The van der Waals surface area contributed by atoms with Crippen molar-refractivity contribution in [1.82, 2.24) is 15.2 Å². The number of aromatic nitrogens is 1. The highest BCUT2D eigenvalue weighted by Gasteiger charge is 2.23. The topological polar surface area (TPSA) is 78.5 Å². The zero-order valence-electron chi connectivity index (χ0n) is 12.7. The van der Waals surface area contributed by atoms with Crippen molar-refractivity contribution < 1.29 is 9.53 Å². The van der Waals surface area contributed by atoms with E-state index in [2.05, 4.69) is 25.8 Å². The first-order valence-corrected chi connectivity index (χ1v) is 7.87. The summed E-state index contributed by atoms with van der Waals surface area (Å²) in [4.78, 5) is 18.2. The molecule has 7 heteroatoms. The van der Waals surface area contributed by atoms with E-state index in [0.29, 0.717) is 11.9 Å². The molecular weight excluding hydrogens is 282 g/mol. The molecule has 2 heterocycles. The van der Waals surface area contributed by atoms with Crippen LogP contribution in [0.1, 0.15) is 12.8 Å². The zero-order valence-corrected chi connectivity index (χ0v) is 12.7. The Hall–Kier alpha value is -1.86. The highest BCUT2D eigenvalue weighted by atomic mass is 16.5. The van der Waals surface area contributed by atoms with Crippen molar-refractivity contribution >= 4 is 17.5 Å². The number of hydrogen-bond donors (Lipinski definition) is 3. The molecular formula is C15H23N5O2. The van der Waals surface area contributed by atoms with E-state index in [-0.39, 0.29) is 6.03 Å². The summed E-state index contributed by atoms with van der Waals surface area (Å²) in [5.41, 5.74) is 0.960. The SMILES string of the molecule is O=C(Nc1ccc(NCCN2CCOCC2)cn1)NC1CC1. The number of anilines is 2. The van der Waals surface area contributed by atoms with Gasteiger partial charge in [-0.3, -0.25) is 10.2 Å². The van der Waals surface area contributed by atoms with Crippen LogP contribution in [0.15, 0.2) is 18.3 Å². The van der Waals surface area contributed by atoms with Crippen molar-refractivity contribution in [2.75, 3.05) is 50.0 Å². The molecule has 0 bridgehead atoms. The lowest BCUT2D eigenvalue weighted by Gasteiger charge is -2.26. The van der Waals surface area contributed by atoms with Crippen molar-refractivity contribution in [2.45, 2.75) is 18.9 Å². The predicted octanol–water partition coefficient (Wildman–Crippen LogP) is 1.11. The summed E-state index contributed by atoms with van der Waals surface area (Å²) in [5, 5.41) is 8.94. The largest absolute Gasteiger partial charge is 0.383 e.